The average Bonchev–Trinajstić information content (AvgIpc) is 1.84. The minimum absolute atomic E-state index is 2.18. The molecule has 0 N–H and O–H groups in total. The number of nitrogens with zero attached hydrogens (tertiary/aromatic N) is 3. The maximum absolute atomic E-state index is 2.40. The van der Waals surface area contributed by atoms with Gasteiger partial charge in [-0.1, -0.05) is 0 Å². The van der Waals surface area contributed by atoms with Gasteiger partial charge in [0.25, 0.3) is 0 Å². The summed E-state index contributed by atoms with van der Waals surface area (Å²) in [6.45, 7) is 0. The Kier molecular flexibility index (Phi) is 5.02. The van der Waals surface area contributed by atoms with Crippen LogP contribution < -0.4 is 0 Å². The summed E-state index contributed by atoms with van der Waals surface area (Å²) in [6.07, 6.45) is 0. The molecule has 0 aromatic carbocycles. The van der Waals surface area contributed by atoms with Crippen LogP contribution in [0.1, 0.15) is 0 Å². The minimum atomic E-state index is -2.24. The molecule has 0 aromatic heterocycles. The van der Waals surface area contributed by atoms with Crippen molar-refractivity contribution < 1.29 is 0 Å². The summed E-state index contributed by atoms with van der Waals surface area (Å²) >= 11 is 0.158. The van der Waals surface area contributed by atoms with E-state index in [9.17, 15) is 0 Å². The summed E-state index contributed by atoms with van der Waals surface area (Å²) in [5.74, 6) is 0. The van der Waals surface area contributed by atoms with Crippen LogP contribution in [0, 0.1) is 0 Å². The van der Waals surface area contributed by atoms with Crippen LogP contribution in [0.3, 0.4) is 0 Å². The fraction of sp³-hybridized carbons (Fsp3) is 1.00. The predicted molar refractivity (Wildman–Crippen MR) is 52.6 cm³/mol. The van der Waals surface area contributed by atoms with E-state index in [0.29, 0.717) is 0 Å². The van der Waals surface area contributed by atoms with Crippen LogP contribution in [0.4, 0.5) is 0 Å². The Morgan fingerprint density at radius 2 is 0.909 bits per heavy atom. The molecule has 0 amide bonds. The molecular weight excluding hydrogens is 240 g/mol. The van der Waals surface area contributed by atoms with E-state index < -0.39 is 16.5 Å². The monoisotopic (exact) mass is 259 g/mol. The molecule has 11 heavy (non-hydrogen) atoms. The van der Waals surface area contributed by atoms with Gasteiger partial charge in [-0.2, -0.15) is 0 Å². The summed E-state index contributed by atoms with van der Waals surface area (Å²) in [4.78, 5) is 0. The zero-order valence-electron chi connectivity index (χ0n) is 8.84. The molecule has 0 aliphatic heterocycles. The van der Waals surface area contributed by atoms with Crippen LogP contribution in [0.25, 0.3) is 0 Å². The van der Waals surface area contributed by atoms with Crippen LogP contribution >= 0.6 is 0 Å². The first kappa shape index (κ1) is 12.3. The molecule has 0 radical (unpaired) electrons. The molecule has 0 unspecified atom stereocenters. The van der Waals surface area contributed by atoms with E-state index in [1.54, 1.807) is 0 Å². The first-order valence-electron chi connectivity index (χ1n) is 3.85. The molecule has 0 aliphatic carbocycles. The molecule has 3 nitrogen and oxygen atoms in total. The summed E-state index contributed by atoms with van der Waals surface area (Å²) in [6, 6.07) is 0. The quantitative estimate of drug-likeness (QED) is 0.618. The zero-order chi connectivity index (χ0) is 9.23. The Balaban J connectivity index is 4.53. The van der Waals surface area contributed by atoms with Crippen molar-refractivity contribution in [1.82, 2.24) is 9.36 Å². The molecule has 62 valence electrons. The van der Waals surface area contributed by atoms with Crippen LogP contribution in [-0.2, 0) is 0 Å². The molecular formula is C6H18LiN3Sn. The van der Waals surface area contributed by atoms with Gasteiger partial charge >= 0.3 is 82.4 Å². The van der Waals surface area contributed by atoms with Gasteiger partial charge in [-0.15, -0.1) is 0 Å². The zero-order valence-corrected chi connectivity index (χ0v) is 11.7. The van der Waals surface area contributed by atoms with Crippen molar-refractivity contribution in [1.29, 1.82) is 0 Å². The summed E-state index contributed by atoms with van der Waals surface area (Å²) in [5.41, 5.74) is 0. The van der Waals surface area contributed by atoms with Gasteiger partial charge in [-0.3, -0.25) is 0 Å². The summed E-state index contributed by atoms with van der Waals surface area (Å²) in [7, 11) is 13.1. The molecule has 0 saturated heterocycles. The summed E-state index contributed by atoms with van der Waals surface area (Å²) in [5, 5.41) is 0. The Hall–Kier alpha value is 1.28. The van der Waals surface area contributed by atoms with Gasteiger partial charge in [0.05, 0.1) is 0 Å². The standard InChI is InChI=1S/3C2H6N.Li.Sn/c3*1-3-2;;/h3*1-2H3;;/q3*-1;;+3. The molecule has 0 heterocycles. The first-order valence-corrected chi connectivity index (χ1v) is 10.5. The molecule has 0 fully saturated rings. The van der Waals surface area contributed by atoms with Crippen molar-refractivity contribution in [2.45, 2.75) is 0 Å². The van der Waals surface area contributed by atoms with Gasteiger partial charge in [-0.25, -0.2) is 0 Å². The van der Waals surface area contributed by atoms with Gasteiger partial charge < -0.3 is 0 Å². The second kappa shape index (κ2) is 4.49. The third kappa shape index (κ3) is 2.61. The molecule has 5 heteroatoms. The van der Waals surface area contributed by atoms with Gasteiger partial charge in [0, 0.05) is 0 Å². The van der Waals surface area contributed by atoms with E-state index in [0.717, 1.165) is 0 Å². The van der Waals surface area contributed by atoms with Crippen LogP contribution in [0.5, 0.6) is 0 Å². The van der Waals surface area contributed by atoms with E-state index in [4.69, 9.17) is 0 Å². The second-order valence-electron chi connectivity index (χ2n) is 3.65. The predicted octanol–water partition coefficient (Wildman–Crippen LogP) is -0.725. The molecule has 0 spiro atoms. The molecule has 0 bridgehead atoms. The first-order chi connectivity index (χ1) is 4.83. The molecule has 0 rings (SSSR count). The van der Waals surface area contributed by atoms with Crippen molar-refractivity contribution >= 4 is 30.8 Å². The van der Waals surface area contributed by atoms with E-state index in [-0.39, 0.29) is 0 Å². The topological polar surface area (TPSA) is 9.72 Å². The molecule has 0 saturated carbocycles. The van der Waals surface area contributed by atoms with Crippen LogP contribution in [0.15, 0.2) is 0 Å². The number of hydrogen-bond donors (Lipinski definition) is 0. The fourth-order valence-electron chi connectivity index (χ4n) is 1.20. The van der Waals surface area contributed by atoms with Crippen LogP contribution in [-0.4, -0.2) is 82.4 Å². The van der Waals surface area contributed by atoms with Gasteiger partial charge in [0.2, 0.25) is 0 Å². The van der Waals surface area contributed by atoms with Gasteiger partial charge in [0.15, 0.2) is 0 Å². The van der Waals surface area contributed by atoms with Crippen LogP contribution in [0.2, 0.25) is 0 Å². The Morgan fingerprint density at radius 3 is 0.909 bits per heavy atom. The summed E-state index contributed by atoms with van der Waals surface area (Å²) < 4.78 is 7.19. The van der Waals surface area contributed by atoms with E-state index in [2.05, 4.69) is 65.9 Å². The fourth-order valence-corrected chi connectivity index (χ4v) is 8.05. The van der Waals surface area contributed by atoms with Gasteiger partial charge in [0.1, 0.15) is 0 Å². The molecule has 0 atom stereocenters. The third-order valence-corrected chi connectivity index (χ3v) is 17.0. The maximum atomic E-state index is 2.40. The van der Waals surface area contributed by atoms with Crippen molar-refractivity contribution in [3.63, 3.8) is 0 Å². The Bertz CT molecular complexity index is 105. The van der Waals surface area contributed by atoms with E-state index in [1.165, 1.54) is 0 Å². The van der Waals surface area contributed by atoms with Crippen molar-refractivity contribution in [3.05, 3.63) is 0 Å². The molecule has 0 aromatic rings. The van der Waals surface area contributed by atoms with Gasteiger partial charge in [-0.05, 0) is 0 Å². The number of hydrogen-bond acceptors (Lipinski definition) is 3. The second-order valence-corrected chi connectivity index (χ2v) is 16.9. The average molecular weight is 258 g/mol. The van der Waals surface area contributed by atoms with Crippen molar-refractivity contribution in [3.8, 4) is 0 Å². The molecule has 0 aliphatic rings. The van der Waals surface area contributed by atoms with Crippen molar-refractivity contribution in [2.75, 3.05) is 42.3 Å². The van der Waals surface area contributed by atoms with E-state index in [1.807, 2.05) is 0 Å². The SMILES string of the molecule is [Li][Sn]([N](C)C)([N](C)C)[N](C)C. The van der Waals surface area contributed by atoms with Crippen molar-refractivity contribution in [2.24, 2.45) is 0 Å². The van der Waals surface area contributed by atoms with E-state index >= 15 is 0 Å². The Morgan fingerprint density at radius 1 is 0.727 bits per heavy atom. The number of rotatable bonds is 3. The normalized spacial score (nSPS) is 13.7. The third-order valence-electron chi connectivity index (χ3n) is 2.54. The Labute approximate surface area is 82.0 Å².